The molecule has 0 aromatic heterocycles. The fraction of sp³-hybridized carbons (Fsp3) is 0.946. The Kier molecular flexibility index (Phi) is 16.1. The third kappa shape index (κ3) is 9.84. The third-order valence-electron chi connectivity index (χ3n) is 12.4. The lowest BCUT2D eigenvalue weighted by Crippen LogP contribution is -2.78. The molecule has 0 spiro atoms. The summed E-state index contributed by atoms with van der Waals surface area (Å²) in [5, 5.41) is 70.7. The maximum absolute atomic E-state index is 13.7. The van der Waals surface area contributed by atoms with Crippen LogP contribution in [-0.2, 0) is 28.5 Å². The molecule has 0 radical (unpaired) electrons. The Hall–Kier alpha value is -0.740. The molecule has 1 amide bonds. The minimum absolute atomic E-state index is 0.0471. The number of hydrogen-bond donors (Lipinski definition) is 8. The first-order chi connectivity index (χ1) is 26.1. The van der Waals surface area contributed by atoms with Gasteiger partial charge in [0.15, 0.2) is 5.78 Å². The second-order valence-electron chi connectivity index (χ2n) is 16.3. The topological polar surface area (TPSA) is 223 Å². The molecule has 4 heterocycles. The summed E-state index contributed by atoms with van der Waals surface area (Å²) in [6.45, 7) is 8.42. The van der Waals surface area contributed by atoms with Crippen molar-refractivity contribution < 1.29 is 59.2 Å². The summed E-state index contributed by atoms with van der Waals surface area (Å²) in [7, 11) is 3.49. The Morgan fingerprint density at radius 3 is 2.38 bits per heavy atom. The zero-order valence-electron chi connectivity index (χ0n) is 32.9. The van der Waals surface area contributed by atoms with E-state index in [1.807, 2.05) is 11.9 Å². The number of aliphatic hydroxyl groups is 6. The van der Waals surface area contributed by atoms with Gasteiger partial charge < -0.3 is 65.1 Å². The van der Waals surface area contributed by atoms with Crippen molar-refractivity contribution in [3.05, 3.63) is 0 Å². The highest BCUT2D eigenvalue weighted by atomic mass is 35.5. The molecule has 7 unspecified atom stereocenters. The van der Waals surface area contributed by atoms with Crippen LogP contribution in [0.3, 0.4) is 0 Å². The number of unbranched alkanes of at least 4 members (excludes halogenated alkanes) is 3. The molecule has 55 heavy (non-hydrogen) atoms. The zero-order valence-corrected chi connectivity index (χ0v) is 34.5. The Labute approximate surface area is 333 Å². The Morgan fingerprint density at radius 1 is 1.02 bits per heavy atom. The normalized spacial score (nSPS) is 43.7. The molecule has 18 heteroatoms. The van der Waals surface area contributed by atoms with Gasteiger partial charge in [0, 0.05) is 19.5 Å². The molecule has 0 aromatic carbocycles. The molecular weight excluding hydrogens is 760 g/mol. The number of alkyl halides is 1. The number of fused-ring (bicyclic) bond motifs is 2. The van der Waals surface area contributed by atoms with E-state index in [-0.39, 0.29) is 18.2 Å². The highest BCUT2D eigenvalue weighted by molar-refractivity contribution is 7.99. The smallest absolute Gasteiger partial charge is 0.280 e. The maximum atomic E-state index is 13.7. The van der Waals surface area contributed by atoms with E-state index < -0.39 is 102 Å². The molecule has 16 nitrogen and oxygen atoms in total. The SMILES string of the molecule is CCC1CC(C(=O)NC(C(C)Cl)C2O[C@H](SC)C(O)[C@H](O)[C@H]2O)CN(CCCCCCN(C)C2[C@@H](O)[C@@H](NC)[C@H](O)[C@H]3O[C@@H]4O[C@H](C)CC(=O)[C@]4(O)O[C@H]23)C1. The van der Waals surface area contributed by atoms with Crippen molar-refractivity contribution in [2.75, 3.05) is 46.5 Å². The molecule has 1 aliphatic carbocycles. The number of likely N-dealkylation sites (tertiary alicyclic amines) is 1. The standard InChI is InChI=1S/C37H65ClN4O12S/c1-7-20-15-21(34(49)40-23(19(3)38)31-29(47)28(46)30(48)35(52-31)55-6)17-42(16-20)13-11-9-8-10-12-41(5)25-26(44)24(39-4)27(45)33-32(25)54-37(50)22(43)14-18(2)51-36(37)53-33/h18-21,23-33,35-36,39,44-48,50H,7-17H2,1-6H3,(H,40,49)/t18-,19?,20?,21?,23?,24-,25?,26+,27+,28-,29-,30?,31?,32-,33-,35-,36+,37+/m1/s1. The predicted molar refractivity (Wildman–Crippen MR) is 204 cm³/mol. The fourth-order valence-corrected chi connectivity index (χ4v) is 10.00. The van der Waals surface area contributed by atoms with Crippen molar-refractivity contribution >= 4 is 35.1 Å². The number of hydrogen-bond acceptors (Lipinski definition) is 16. The van der Waals surface area contributed by atoms with Gasteiger partial charge in [0.2, 0.25) is 12.2 Å². The lowest BCUT2D eigenvalue weighted by atomic mass is 9.79. The van der Waals surface area contributed by atoms with Crippen LogP contribution in [0.1, 0.15) is 65.7 Å². The highest BCUT2D eigenvalue weighted by Crippen LogP contribution is 2.41. The van der Waals surface area contributed by atoms with E-state index in [0.717, 1.165) is 51.6 Å². The predicted octanol–water partition coefficient (Wildman–Crippen LogP) is -1.02. The van der Waals surface area contributed by atoms with Gasteiger partial charge in [0.05, 0.1) is 41.6 Å². The van der Waals surface area contributed by atoms with Gasteiger partial charge >= 0.3 is 0 Å². The molecule has 4 saturated heterocycles. The summed E-state index contributed by atoms with van der Waals surface area (Å²) in [6, 6.07) is -2.22. The number of aliphatic hydroxyl groups excluding tert-OH is 5. The Balaban J connectivity index is 1.11. The summed E-state index contributed by atoms with van der Waals surface area (Å²) >= 11 is 7.73. The highest BCUT2D eigenvalue weighted by Gasteiger charge is 2.64. The van der Waals surface area contributed by atoms with E-state index in [4.69, 9.17) is 30.5 Å². The van der Waals surface area contributed by atoms with Gasteiger partial charge in [0.1, 0.15) is 48.2 Å². The zero-order chi connectivity index (χ0) is 40.4. The summed E-state index contributed by atoms with van der Waals surface area (Å²) in [5.41, 5.74) is -0.774. The number of nitrogens with one attached hydrogen (secondary N) is 2. The number of thioether (sulfide) groups is 1. The second kappa shape index (κ2) is 19.5. The summed E-state index contributed by atoms with van der Waals surface area (Å²) in [4.78, 5) is 30.9. The maximum Gasteiger partial charge on any atom is 0.280 e. The first kappa shape index (κ1) is 45.3. The minimum atomic E-state index is -2.33. The number of amides is 1. The molecule has 18 atom stereocenters. The number of likely N-dealkylation sites (N-methyl/N-ethyl adjacent to an activating group) is 2. The second-order valence-corrected chi connectivity index (χ2v) is 17.9. The van der Waals surface area contributed by atoms with E-state index in [0.29, 0.717) is 19.0 Å². The molecular formula is C37H65ClN4O12S. The van der Waals surface area contributed by atoms with Gasteiger partial charge in [-0.1, -0.05) is 26.2 Å². The number of nitrogens with zero attached hydrogens (tertiary/aromatic N) is 2. The molecule has 1 saturated carbocycles. The van der Waals surface area contributed by atoms with Crippen molar-refractivity contribution in [2.45, 2.75) is 162 Å². The fourth-order valence-electron chi connectivity index (χ4n) is 9.11. The number of piperidine rings is 1. The van der Waals surface area contributed by atoms with E-state index in [2.05, 4.69) is 22.5 Å². The van der Waals surface area contributed by atoms with Gasteiger partial charge in [-0.2, -0.15) is 0 Å². The summed E-state index contributed by atoms with van der Waals surface area (Å²) < 4.78 is 23.7. The number of carbonyl (C=O) groups excluding carboxylic acids is 2. The molecule has 0 bridgehead atoms. The number of ether oxygens (including phenoxy) is 4. The van der Waals surface area contributed by atoms with Crippen LogP contribution in [0.5, 0.6) is 0 Å². The molecule has 318 valence electrons. The van der Waals surface area contributed by atoms with Crippen LogP contribution in [0.15, 0.2) is 0 Å². The Bertz CT molecular complexity index is 1280. The van der Waals surface area contributed by atoms with Gasteiger partial charge in [-0.3, -0.25) is 14.5 Å². The van der Waals surface area contributed by atoms with Crippen LogP contribution in [0.2, 0.25) is 0 Å². The van der Waals surface area contributed by atoms with Crippen LogP contribution in [0, 0.1) is 11.8 Å². The number of Topliss-reactive ketones (excluding diaryl/α,β-unsaturated/α-hetero) is 1. The van der Waals surface area contributed by atoms with E-state index in [9.17, 15) is 40.2 Å². The first-order valence-electron chi connectivity index (χ1n) is 19.9. The van der Waals surface area contributed by atoms with Gasteiger partial charge in [-0.25, -0.2) is 0 Å². The molecule has 0 aromatic rings. The van der Waals surface area contributed by atoms with Gasteiger partial charge in [-0.15, -0.1) is 23.4 Å². The van der Waals surface area contributed by atoms with Crippen LogP contribution < -0.4 is 10.6 Å². The van der Waals surface area contributed by atoms with Crippen LogP contribution in [0.25, 0.3) is 0 Å². The molecule has 5 aliphatic rings. The minimum Gasteiger partial charge on any atom is -0.390 e. The number of ketones is 1. The molecule has 4 aliphatic heterocycles. The lowest BCUT2D eigenvalue weighted by molar-refractivity contribution is -0.423. The van der Waals surface area contributed by atoms with Crippen LogP contribution in [0.4, 0.5) is 0 Å². The average molecular weight is 825 g/mol. The van der Waals surface area contributed by atoms with Crippen molar-refractivity contribution in [1.82, 2.24) is 20.4 Å². The lowest BCUT2D eigenvalue weighted by Gasteiger charge is -2.56. The van der Waals surface area contributed by atoms with Gasteiger partial charge in [0.25, 0.3) is 5.79 Å². The summed E-state index contributed by atoms with van der Waals surface area (Å²) in [6.07, 6.45) is -4.28. The van der Waals surface area contributed by atoms with Crippen molar-refractivity contribution in [3.63, 3.8) is 0 Å². The number of carbonyl (C=O) groups is 2. The first-order valence-corrected chi connectivity index (χ1v) is 21.7. The van der Waals surface area contributed by atoms with E-state index >= 15 is 0 Å². The van der Waals surface area contributed by atoms with Crippen molar-refractivity contribution in [1.29, 1.82) is 0 Å². The monoisotopic (exact) mass is 824 g/mol. The largest absolute Gasteiger partial charge is 0.390 e. The molecule has 8 N–H and O–H groups in total. The quantitative estimate of drug-likeness (QED) is 0.0732. The van der Waals surface area contributed by atoms with E-state index in [1.165, 1.54) is 11.8 Å². The molecule has 5 rings (SSSR count). The average Bonchev–Trinajstić information content (AvgIpc) is 3.14. The molecule has 5 fully saturated rings. The van der Waals surface area contributed by atoms with E-state index in [1.54, 1.807) is 27.2 Å². The van der Waals surface area contributed by atoms with Crippen LogP contribution in [-0.4, -0.2) is 195 Å². The Morgan fingerprint density at radius 2 is 1.73 bits per heavy atom. The number of rotatable bonds is 15. The van der Waals surface area contributed by atoms with Crippen molar-refractivity contribution in [2.24, 2.45) is 11.8 Å². The number of halogens is 1. The third-order valence-corrected chi connectivity index (χ3v) is 13.5. The van der Waals surface area contributed by atoms with Gasteiger partial charge in [-0.05, 0) is 72.5 Å². The summed E-state index contributed by atoms with van der Waals surface area (Å²) in [5.74, 6) is -3.02. The van der Waals surface area contributed by atoms with Crippen molar-refractivity contribution in [3.8, 4) is 0 Å². The van der Waals surface area contributed by atoms with Crippen LogP contribution >= 0.6 is 23.4 Å².